The van der Waals surface area contributed by atoms with Crippen LogP contribution in [0.1, 0.15) is 43.5 Å². The van der Waals surface area contributed by atoms with Crippen molar-refractivity contribution in [3.05, 3.63) is 72.1 Å². The Hall–Kier alpha value is -3.41. The lowest BCUT2D eigenvalue weighted by Crippen LogP contribution is -2.35. The molecule has 1 fully saturated rings. The number of para-hydroxylation sites is 2. The van der Waals surface area contributed by atoms with E-state index in [1.807, 2.05) is 65.6 Å². The third-order valence-corrected chi connectivity index (χ3v) is 6.09. The highest BCUT2D eigenvalue weighted by molar-refractivity contribution is 5.91. The number of fused-ring (bicyclic) bond motifs is 1. The molecular weight excluding hydrogens is 412 g/mol. The van der Waals surface area contributed by atoms with Crippen LogP contribution >= 0.6 is 0 Å². The van der Waals surface area contributed by atoms with Gasteiger partial charge >= 0.3 is 0 Å². The van der Waals surface area contributed by atoms with Crippen molar-refractivity contribution in [3.63, 3.8) is 0 Å². The fraction of sp³-hybridized carbons (Fsp3) is 0.370. The molecule has 3 aromatic rings. The van der Waals surface area contributed by atoms with E-state index in [2.05, 4.69) is 9.88 Å². The number of nitrogens with one attached hydrogen (secondary N) is 1. The van der Waals surface area contributed by atoms with Crippen LogP contribution in [0, 0.1) is 0 Å². The molecule has 1 aliphatic heterocycles. The standard InChI is InChI=1S/C27H32N4O2/c32-26(17-16-22-11-4-3-5-12-22)28-18-10-15-25-29-23-13-6-7-14-24(23)31(25)21-27(33)30-19-8-1-2-9-20-30/h3-7,11-14,16-17H,1-2,8-10,15,18-21H2,(H,28,32)/b17-16-. The number of amides is 2. The Morgan fingerprint density at radius 2 is 1.67 bits per heavy atom. The first-order valence-electron chi connectivity index (χ1n) is 11.9. The van der Waals surface area contributed by atoms with E-state index in [0.29, 0.717) is 19.5 Å². The van der Waals surface area contributed by atoms with Gasteiger partial charge in [0.1, 0.15) is 12.4 Å². The number of aromatic nitrogens is 2. The fourth-order valence-corrected chi connectivity index (χ4v) is 4.30. The molecule has 1 N–H and O–H groups in total. The number of likely N-dealkylation sites (tertiary alicyclic amines) is 1. The lowest BCUT2D eigenvalue weighted by atomic mass is 10.2. The van der Waals surface area contributed by atoms with Crippen molar-refractivity contribution in [2.45, 2.75) is 45.1 Å². The Balaban J connectivity index is 1.35. The van der Waals surface area contributed by atoms with Gasteiger partial charge in [-0.15, -0.1) is 0 Å². The molecule has 0 aliphatic carbocycles. The number of imidazole rings is 1. The van der Waals surface area contributed by atoms with Crippen molar-refractivity contribution in [3.8, 4) is 0 Å². The van der Waals surface area contributed by atoms with Crippen molar-refractivity contribution in [2.24, 2.45) is 0 Å². The summed E-state index contributed by atoms with van der Waals surface area (Å²) in [5.74, 6) is 0.956. The number of hydrogen-bond donors (Lipinski definition) is 1. The number of benzene rings is 2. The van der Waals surface area contributed by atoms with Crippen LogP contribution in [0.25, 0.3) is 17.1 Å². The monoisotopic (exact) mass is 444 g/mol. The van der Waals surface area contributed by atoms with Crippen LogP contribution in [0.4, 0.5) is 0 Å². The predicted octanol–water partition coefficient (Wildman–Crippen LogP) is 4.20. The molecule has 1 aliphatic rings. The summed E-state index contributed by atoms with van der Waals surface area (Å²) in [4.78, 5) is 31.9. The molecule has 6 nitrogen and oxygen atoms in total. The number of hydrogen-bond acceptors (Lipinski definition) is 3. The largest absolute Gasteiger partial charge is 0.353 e. The molecular formula is C27H32N4O2. The molecule has 33 heavy (non-hydrogen) atoms. The summed E-state index contributed by atoms with van der Waals surface area (Å²) < 4.78 is 2.06. The Morgan fingerprint density at radius 3 is 2.45 bits per heavy atom. The van der Waals surface area contributed by atoms with Crippen molar-refractivity contribution < 1.29 is 9.59 Å². The van der Waals surface area contributed by atoms with Gasteiger partial charge in [-0.05, 0) is 43.0 Å². The first kappa shape index (κ1) is 22.8. The maximum atomic E-state index is 13.0. The number of nitrogens with zero attached hydrogens (tertiary/aromatic N) is 3. The number of rotatable bonds is 8. The third kappa shape index (κ3) is 6.31. The molecule has 2 aromatic carbocycles. The lowest BCUT2D eigenvalue weighted by Gasteiger charge is -2.21. The van der Waals surface area contributed by atoms with Gasteiger partial charge in [-0.3, -0.25) is 9.59 Å². The summed E-state index contributed by atoms with van der Waals surface area (Å²) in [5, 5.41) is 2.94. The van der Waals surface area contributed by atoms with E-state index in [-0.39, 0.29) is 11.8 Å². The van der Waals surface area contributed by atoms with Crippen molar-refractivity contribution in [1.82, 2.24) is 19.8 Å². The van der Waals surface area contributed by atoms with Gasteiger partial charge in [-0.2, -0.15) is 0 Å². The fourth-order valence-electron chi connectivity index (χ4n) is 4.30. The van der Waals surface area contributed by atoms with Gasteiger partial charge < -0.3 is 14.8 Å². The summed E-state index contributed by atoms with van der Waals surface area (Å²) in [7, 11) is 0. The van der Waals surface area contributed by atoms with Gasteiger partial charge in [0.05, 0.1) is 11.0 Å². The minimum Gasteiger partial charge on any atom is -0.353 e. The van der Waals surface area contributed by atoms with Crippen LogP contribution in [0.15, 0.2) is 60.7 Å². The summed E-state index contributed by atoms with van der Waals surface area (Å²) >= 11 is 0. The second-order valence-electron chi connectivity index (χ2n) is 8.54. The maximum Gasteiger partial charge on any atom is 0.243 e. The van der Waals surface area contributed by atoms with Crippen LogP contribution in [-0.2, 0) is 22.6 Å². The molecule has 0 unspecified atom stereocenters. The summed E-state index contributed by atoms with van der Waals surface area (Å²) in [6.45, 7) is 2.58. The van der Waals surface area contributed by atoms with Gasteiger partial charge in [0.25, 0.3) is 0 Å². The lowest BCUT2D eigenvalue weighted by molar-refractivity contribution is -0.131. The molecule has 2 heterocycles. The van der Waals surface area contributed by atoms with Gasteiger partial charge in [0.2, 0.25) is 11.8 Å². The third-order valence-electron chi connectivity index (χ3n) is 6.09. The smallest absolute Gasteiger partial charge is 0.243 e. The average molecular weight is 445 g/mol. The zero-order valence-electron chi connectivity index (χ0n) is 19.1. The van der Waals surface area contributed by atoms with E-state index >= 15 is 0 Å². The highest BCUT2D eigenvalue weighted by Crippen LogP contribution is 2.18. The Bertz CT molecular complexity index is 1100. The summed E-state index contributed by atoms with van der Waals surface area (Å²) in [6.07, 6.45) is 9.40. The van der Waals surface area contributed by atoms with E-state index in [0.717, 1.165) is 54.8 Å². The molecule has 1 aromatic heterocycles. The van der Waals surface area contributed by atoms with Crippen molar-refractivity contribution in [1.29, 1.82) is 0 Å². The maximum absolute atomic E-state index is 13.0. The molecule has 172 valence electrons. The average Bonchev–Trinajstić information content (AvgIpc) is 3.00. The van der Waals surface area contributed by atoms with Crippen LogP contribution < -0.4 is 5.32 Å². The van der Waals surface area contributed by atoms with Crippen LogP contribution in [0.5, 0.6) is 0 Å². The zero-order valence-corrected chi connectivity index (χ0v) is 19.1. The molecule has 0 radical (unpaired) electrons. The number of aryl methyl sites for hydroxylation is 1. The SMILES string of the molecule is O=C(/C=C\c1ccccc1)NCCCc1nc2ccccc2n1CC(=O)N1CCCCCC1. The zero-order chi connectivity index (χ0) is 22.9. The Morgan fingerprint density at radius 1 is 0.939 bits per heavy atom. The molecule has 2 amide bonds. The minimum absolute atomic E-state index is 0.108. The molecule has 6 heteroatoms. The van der Waals surface area contributed by atoms with Crippen molar-refractivity contribution in [2.75, 3.05) is 19.6 Å². The number of carbonyl (C=O) groups is 2. The molecule has 0 saturated carbocycles. The molecule has 0 spiro atoms. The first-order chi connectivity index (χ1) is 16.2. The van der Waals surface area contributed by atoms with E-state index in [4.69, 9.17) is 4.98 Å². The molecule has 0 bridgehead atoms. The molecule has 4 rings (SSSR count). The Kier molecular flexibility index (Phi) is 7.90. The second-order valence-corrected chi connectivity index (χ2v) is 8.54. The van der Waals surface area contributed by atoms with Crippen LogP contribution in [0.2, 0.25) is 0 Å². The van der Waals surface area contributed by atoms with Gasteiger partial charge in [-0.1, -0.05) is 55.3 Å². The highest BCUT2D eigenvalue weighted by atomic mass is 16.2. The normalized spacial score (nSPS) is 14.5. The topological polar surface area (TPSA) is 67.2 Å². The predicted molar refractivity (Wildman–Crippen MR) is 132 cm³/mol. The number of carbonyl (C=O) groups excluding carboxylic acids is 2. The Labute approximate surface area is 195 Å². The summed E-state index contributed by atoms with van der Waals surface area (Å²) in [5.41, 5.74) is 2.90. The highest BCUT2D eigenvalue weighted by Gasteiger charge is 2.19. The van der Waals surface area contributed by atoms with E-state index in [1.54, 1.807) is 6.08 Å². The quantitative estimate of drug-likeness (QED) is 0.418. The minimum atomic E-state index is -0.108. The molecule has 1 saturated heterocycles. The second kappa shape index (κ2) is 11.5. The van der Waals surface area contributed by atoms with Crippen LogP contribution in [0.3, 0.4) is 0 Å². The molecule has 0 atom stereocenters. The summed E-state index contributed by atoms with van der Waals surface area (Å²) in [6, 6.07) is 17.7. The van der Waals surface area contributed by atoms with Gasteiger partial charge in [-0.25, -0.2) is 4.98 Å². The van der Waals surface area contributed by atoms with Crippen LogP contribution in [-0.4, -0.2) is 45.9 Å². The van der Waals surface area contributed by atoms with Gasteiger partial charge in [0, 0.05) is 32.1 Å². The van der Waals surface area contributed by atoms with E-state index < -0.39 is 0 Å². The first-order valence-corrected chi connectivity index (χ1v) is 11.9. The van der Waals surface area contributed by atoms with E-state index in [1.165, 1.54) is 12.8 Å². The van der Waals surface area contributed by atoms with E-state index in [9.17, 15) is 9.59 Å². The van der Waals surface area contributed by atoms with Crippen molar-refractivity contribution >= 4 is 28.9 Å². The van der Waals surface area contributed by atoms with Gasteiger partial charge in [0.15, 0.2) is 0 Å².